The molecule has 0 spiro atoms. The SMILES string of the molecule is CCC1(c2cc(N)n(C3CCS(=O)(=O)C3)n2)CCCC1. The fourth-order valence-electron chi connectivity index (χ4n) is 3.77. The molecular weight excluding hydrogens is 274 g/mol. The predicted octanol–water partition coefficient (Wildman–Crippen LogP) is 2.05. The molecule has 1 saturated heterocycles. The van der Waals surface area contributed by atoms with Gasteiger partial charge in [0.05, 0.1) is 23.2 Å². The molecule has 6 heteroatoms. The molecule has 2 N–H and O–H groups in total. The molecule has 2 heterocycles. The Morgan fingerprint density at radius 3 is 2.70 bits per heavy atom. The van der Waals surface area contributed by atoms with Gasteiger partial charge in [-0.25, -0.2) is 13.1 Å². The Balaban J connectivity index is 1.92. The Morgan fingerprint density at radius 1 is 1.45 bits per heavy atom. The van der Waals surface area contributed by atoms with Crippen LogP contribution in [0.2, 0.25) is 0 Å². The van der Waals surface area contributed by atoms with Crippen molar-refractivity contribution >= 4 is 15.7 Å². The second kappa shape index (κ2) is 4.76. The van der Waals surface area contributed by atoms with Gasteiger partial charge in [0.25, 0.3) is 0 Å². The molecule has 0 radical (unpaired) electrons. The molecular formula is C14H23N3O2S. The molecule has 112 valence electrons. The first-order chi connectivity index (χ1) is 9.46. The van der Waals surface area contributed by atoms with E-state index in [1.807, 2.05) is 6.07 Å². The zero-order valence-corrected chi connectivity index (χ0v) is 12.8. The second-order valence-electron chi connectivity index (χ2n) is 6.30. The van der Waals surface area contributed by atoms with E-state index in [0.29, 0.717) is 12.2 Å². The molecule has 2 aliphatic rings. The van der Waals surface area contributed by atoms with Crippen LogP contribution < -0.4 is 5.73 Å². The van der Waals surface area contributed by atoms with Gasteiger partial charge in [0, 0.05) is 11.5 Å². The Morgan fingerprint density at radius 2 is 2.15 bits per heavy atom. The molecule has 0 aromatic carbocycles. The van der Waals surface area contributed by atoms with Crippen LogP contribution in [-0.4, -0.2) is 29.7 Å². The highest BCUT2D eigenvalue weighted by atomic mass is 32.2. The van der Waals surface area contributed by atoms with Crippen molar-refractivity contribution < 1.29 is 8.42 Å². The van der Waals surface area contributed by atoms with Gasteiger partial charge in [0.15, 0.2) is 9.84 Å². The highest BCUT2D eigenvalue weighted by Gasteiger charge is 2.38. The second-order valence-corrected chi connectivity index (χ2v) is 8.53. The first-order valence-electron chi connectivity index (χ1n) is 7.52. The number of nitrogen functional groups attached to an aromatic ring is 1. The number of nitrogens with two attached hydrogens (primary N) is 1. The lowest BCUT2D eigenvalue weighted by Gasteiger charge is -2.25. The molecule has 0 amide bonds. The topological polar surface area (TPSA) is 78.0 Å². The summed E-state index contributed by atoms with van der Waals surface area (Å²) in [5.41, 5.74) is 7.33. The zero-order chi connectivity index (χ0) is 14.4. The van der Waals surface area contributed by atoms with Gasteiger partial charge in [-0.2, -0.15) is 5.10 Å². The van der Waals surface area contributed by atoms with Crippen molar-refractivity contribution in [3.8, 4) is 0 Å². The summed E-state index contributed by atoms with van der Waals surface area (Å²) in [6, 6.07) is 1.89. The summed E-state index contributed by atoms with van der Waals surface area (Å²) >= 11 is 0. The van der Waals surface area contributed by atoms with Gasteiger partial charge >= 0.3 is 0 Å². The number of anilines is 1. The van der Waals surface area contributed by atoms with E-state index >= 15 is 0 Å². The number of sulfone groups is 1. The lowest BCUT2D eigenvalue weighted by atomic mass is 9.80. The normalized spacial score (nSPS) is 27.9. The minimum absolute atomic E-state index is 0.0796. The Hall–Kier alpha value is -1.04. The highest BCUT2D eigenvalue weighted by Crippen LogP contribution is 2.44. The van der Waals surface area contributed by atoms with Crippen LogP contribution >= 0.6 is 0 Å². The average Bonchev–Trinajstić information content (AvgIpc) is 3.08. The van der Waals surface area contributed by atoms with Gasteiger partial charge in [-0.1, -0.05) is 19.8 Å². The van der Waals surface area contributed by atoms with Crippen molar-refractivity contribution in [1.29, 1.82) is 0 Å². The van der Waals surface area contributed by atoms with Gasteiger partial charge in [0.1, 0.15) is 5.82 Å². The molecule has 3 rings (SSSR count). The van der Waals surface area contributed by atoms with Crippen molar-refractivity contribution in [2.24, 2.45) is 0 Å². The Bertz CT molecular complexity index is 600. The molecule has 5 nitrogen and oxygen atoms in total. The number of hydrogen-bond acceptors (Lipinski definition) is 4. The quantitative estimate of drug-likeness (QED) is 0.926. The highest BCUT2D eigenvalue weighted by molar-refractivity contribution is 7.91. The van der Waals surface area contributed by atoms with Crippen molar-refractivity contribution in [2.75, 3.05) is 17.2 Å². The maximum absolute atomic E-state index is 11.6. The monoisotopic (exact) mass is 297 g/mol. The fourth-order valence-corrected chi connectivity index (χ4v) is 5.46. The molecule has 1 aliphatic heterocycles. The summed E-state index contributed by atoms with van der Waals surface area (Å²) in [7, 11) is -2.91. The van der Waals surface area contributed by atoms with Crippen LogP contribution in [0.15, 0.2) is 6.07 Å². The van der Waals surface area contributed by atoms with Crippen LogP contribution in [-0.2, 0) is 15.3 Å². The van der Waals surface area contributed by atoms with Crippen molar-refractivity contribution in [1.82, 2.24) is 9.78 Å². The largest absolute Gasteiger partial charge is 0.384 e. The molecule has 0 bridgehead atoms. The number of rotatable bonds is 3. The number of hydrogen-bond donors (Lipinski definition) is 1. The Labute approximate surface area is 120 Å². The predicted molar refractivity (Wildman–Crippen MR) is 79.4 cm³/mol. The summed E-state index contributed by atoms with van der Waals surface area (Å²) in [5.74, 6) is 1.05. The lowest BCUT2D eigenvalue weighted by Crippen LogP contribution is -2.22. The van der Waals surface area contributed by atoms with Crippen molar-refractivity contribution in [3.63, 3.8) is 0 Å². The van der Waals surface area contributed by atoms with E-state index in [-0.39, 0.29) is 23.0 Å². The van der Waals surface area contributed by atoms with Crippen LogP contribution in [0, 0.1) is 0 Å². The smallest absolute Gasteiger partial charge is 0.152 e. The molecule has 1 saturated carbocycles. The summed E-state index contributed by atoms with van der Waals surface area (Å²) in [6.45, 7) is 2.21. The summed E-state index contributed by atoms with van der Waals surface area (Å²) < 4.78 is 25.0. The Kier molecular flexibility index (Phi) is 3.31. The molecule has 1 unspecified atom stereocenters. The minimum Gasteiger partial charge on any atom is -0.384 e. The molecule has 1 aliphatic carbocycles. The summed E-state index contributed by atoms with van der Waals surface area (Å²) in [6.07, 6.45) is 6.54. The van der Waals surface area contributed by atoms with Crippen molar-refractivity contribution in [3.05, 3.63) is 11.8 Å². The zero-order valence-electron chi connectivity index (χ0n) is 12.0. The van der Waals surface area contributed by atoms with Gasteiger partial charge in [-0.3, -0.25) is 0 Å². The van der Waals surface area contributed by atoms with Crippen molar-refractivity contribution in [2.45, 2.75) is 56.9 Å². The number of aromatic nitrogens is 2. The summed E-state index contributed by atoms with van der Waals surface area (Å²) in [4.78, 5) is 0. The minimum atomic E-state index is -2.91. The van der Waals surface area contributed by atoms with Gasteiger partial charge in [-0.15, -0.1) is 0 Å². The average molecular weight is 297 g/mol. The van der Waals surface area contributed by atoms with Crippen LogP contribution in [0.5, 0.6) is 0 Å². The van der Waals surface area contributed by atoms with E-state index in [0.717, 1.165) is 12.1 Å². The third-order valence-corrected chi connectivity index (χ3v) is 6.85. The molecule has 20 heavy (non-hydrogen) atoms. The molecule has 2 fully saturated rings. The van der Waals surface area contributed by atoms with E-state index in [1.54, 1.807) is 4.68 Å². The van der Waals surface area contributed by atoms with Gasteiger partial charge < -0.3 is 5.73 Å². The van der Waals surface area contributed by atoms with E-state index in [4.69, 9.17) is 10.8 Å². The maximum Gasteiger partial charge on any atom is 0.152 e. The molecule has 1 aromatic heterocycles. The number of nitrogens with zero attached hydrogens (tertiary/aromatic N) is 2. The lowest BCUT2D eigenvalue weighted by molar-refractivity contribution is 0.397. The van der Waals surface area contributed by atoms with E-state index in [2.05, 4.69) is 6.92 Å². The third-order valence-electron chi connectivity index (χ3n) is 5.10. The third kappa shape index (κ3) is 2.24. The standard InChI is InChI=1S/C14H23N3O2S/c1-2-14(6-3-4-7-14)12-9-13(15)17(16-12)11-5-8-20(18,19)10-11/h9,11H,2-8,10,15H2,1H3. The maximum atomic E-state index is 11.6. The van der Waals surface area contributed by atoms with Crippen LogP contribution in [0.4, 0.5) is 5.82 Å². The van der Waals surface area contributed by atoms with Gasteiger partial charge in [-0.05, 0) is 25.7 Å². The van der Waals surface area contributed by atoms with E-state index in [9.17, 15) is 8.42 Å². The fraction of sp³-hybridized carbons (Fsp3) is 0.786. The van der Waals surface area contributed by atoms with Crippen LogP contribution in [0.1, 0.15) is 57.2 Å². The van der Waals surface area contributed by atoms with E-state index in [1.165, 1.54) is 25.7 Å². The van der Waals surface area contributed by atoms with E-state index < -0.39 is 9.84 Å². The molecule has 1 atom stereocenters. The molecule has 1 aromatic rings. The first kappa shape index (κ1) is 13.9. The van der Waals surface area contributed by atoms with Crippen LogP contribution in [0.25, 0.3) is 0 Å². The van der Waals surface area contributed by atoms with Gasteiger partial charge in [0.2, 0.25) is 0 Å². The first-order valence-corrected chi connectivity index (χ1v) is 9.34. The summed E-state index contributed by atoms with van der Waals surface area (Å²) in [5, 5.41) is 4.71. The van der Waals surface area contributed by atoms with Crippen LogP contribution in [0.3, 0.4) is 0 Å².